The molecular formula is C70H74N6O8. The SMILES string of the molecule is CCCOC(=O)CCc1ccc(N(c2ccc(-c3ccc(-c4ccc(N(c5ccc(CCC(=O)OCCOC(=O)CCC(C)(C#N)N=NC(C)(C#N)CCC(=O)OC)cc5)c5ccc(C)c(C)c5)cc4)cc3)cc2)c2ccc(C)c(C)c2)cc1. The van der Waals surface area contributed by atoms with Crippen LogP contribution in [0, 0.1) is 50.4 Å². The molecule has 7 aromatic carbocycles. The van der Waals surface area contributed by atoms with Crippen molar-refractivity contribution in [3.05, 3.63) is 191 Å². The van der Waals surface area contributed by atoms with Crippen molar-refractivity contribution in [3.8, 4) is 34.4 Å². The number of carbonyl (C=O) groups is 4. The van der Waals surface area contributed by atoms with Gasteiger partial charge in [-0.05, 0) is 202 Å². The Bertz CT molecular complexity index is 3500. The van der Waals surface area contributed by atoms with E-state index in [4.69, 9.17) is 14.2 Å². The summed E-state index contributed by atoms with van der Waals surface area (Å²) in [6.07, 6.45) is 2.19. The lowest BCUT2D eigenvalue weighted by Crippen LogP contribution is -2.25. The van der Waals surface area contributed by atoms with Crippen molar-refractivity contribution in [2.75, 3.05) is 36.7 Å². The molecule has 0 spiro atoms. The number of carbonyl (C=O) groups excluding carboxylic acids is 4. The molecular weight excluding hydrogens is 1050 g/mol. The van der Waals surface area contributed by atoms with Gasteiger partial charge in [-0.1, -0.05) is 91.9 Å². The fourth-order valence-electron chi connectivity index (χ4n) is 9.21. The standard InChI is InChI=1S/C70H74N6O8/c1-9-42-82-66(78)36-16-53-12-28-59(29-13-53)75(63-26-10-49(2)51(4)45-63)61-32-22-57(23-33-61)55-18-20-56(21-19-55)58-24-34-62(35-25-58)76(64-27-11-50(3)52(5)46-64)60-30-14-54(15-31-60)17-37-67(79)83-43-44-84-68(80)39-41-70(7,48-72)74-73-69(6,47-71)40-38-65(77)81-8/h10-15,18-35,45-46H,9,16-17,36-44H2,1-8H3. The summed E-state index contributed by atoms with van der Waals surface area (Å²) in [6.45, 7) is 13.6. The monoisotopic (exact) mass is 1130 g/mol. The van der Waals surface area contributed by atoms with E-state index in [2.05, 4.69) is 198 Å². The molecule has 0 aliphatic heterocycles. The lowest BCUT2D eigenvalue weighted by atomic mass is 9.97. The molecule has 0 radical (unpaired) electrons. The van der Waals surface area contributed by atoms with Crippen LogP contribution < -0.4 is 9.80 Å². The highest BCUT2D eigenvalue weighted by Gasteiger charge is 2.30. The Morgan fingerprint density at radius 3 is 1.07 bits per heavy atom. The molecule has 0 aliphatic carbocycles. The van der Waals surface area contributed by atoms with Crippen molar-refractivity contribution in [1.29, 1.82) is 10.5 Å². The molecule has 432 valence electrons. The molecule has 84 heavy (non-hydrogen) atoms. The number of anilines is 6. The van der Waals surface area contributed by atoms with E-state index in [9.17, 15) is 29.7 Å². The van der Waals surface area contributed by atoms with Crippen LogP contribution in [0.4, 0.5) is 34.1 Å². The quantitative estimate of drug-likeness (QED) is 0.0206. The zero-order valence-corrected chi connectivity index (χ0v) is 49.4. The van der Waals surface area contributed by atoms with Crippen molar-refractivity contribution in [2.45, 2.75) is 117 Å². The number of aryl methyl sites for hydroxylation is 6. The minimum Gasteiger partial charge on any atom is -0.469 e. The fourth-order valence-corrected chi connectivity index (χ4v) is 9.21. The third kappa shape index (κ3) is 17.3. The second-order valence-corrected chi connectivity index (χ2v) is 21.4. The maximum absolute atomic E-state index is 12.7. The van der Waals surface area contributed by atoms with Crippen molar-refractivity contribution >= 4 is 58.0 Å². The van der Waals surface area contributed by atoms with Crippen LogP contribution in [0.15, 0.2) is 168 Å². The van der Waals surface area contributed by atoms with Crippen molar-refractivity contribution in [3.63, 3.8) is 0 Å². The average Bonchev–Trinajstić information content (AvgIpc) is 3.53. The summed E-state index contributed by atoms with van der Waals surface area (Å²) in [5.41, 5.74) is 14.6. The number of hydrogen-bond acceptors (Lipinski definition) is 14. The highest BCUT2D eigenvalue weighted by molar-refractivity contribution is 5.82. The molecule has 7 aromatic rings. The zero-order valence-electron chi connectivity index (χ0n) is 49.4. The summed E-state index contributed by atoms with van der Waals surface area (Å²) in [5, 5.41) is 27.4. The summed E-state index contributed by atoms with van der Waals surface area (Å²) < 4.78 is 20.5. The Morgan fingerprint density at radius 2 is 0.738 bits per heavy atom. The molecule has 0 N–H and O–H groups in total. The number of azo groups is 1. The smallest absolute Gasteiger partial charge is 0.306 e. The Morgan fingerprint density at radius 1 is 0.429 bits per heavy atom. The fraction of sp³-hybridized carbons (Fsp3) is 0.314. The van der Waals surface area contributed by atoms with Crippen LogP contribution in [0.25, 0.3) is 22.3 Å². The van der Waals surface area contributed by atoms with Crippen LogP contribution in [0.2, 0.25) is 0 Å². The molecule has 14 heteroatoms. The first-order chi connectivity index (χ1) is 40.4. The summed E-state index contributed by atoms with van der Waals surface area (Å²) in [4.78, 5) is 53.5. The number of nitriles is 2. The number of ether oxygens (including phenoxy) is 4. The minimum absolute atomic E-state index is 0.0235. The van der Waals surface area contributed by atoms with Gasteiger partial charge in [0.05, 0.1) is 25.9 Å². The number of hydrogen-bond donors (Lipinski definition) is 0. The van der Waals surface area contributed by atoms with E-state index in [0.29, 0.717) is 25.9 Å². The van der Waals surface area contributed by atoms with Crippen LogP contribution >= 0.6 is 0 Å². The van der Waals surface area contributed by atoms with Gasteiger partial charge in [-0.2, -0.15) is 20.8 Å². The Hall–Kier alpha value is -9.40. The molecule has 0 saturated carbocycles. The number of methoxy groups -OCH3 is 1. The van der Waals surface area contributed by atoms with E-state index in [1.807, 2.05) is 31.2 Å². The van der Waals surface area contributed by atoms with Gasteiger partial charge < -0.3 is 28.7 Å². The van der Waals surface area contributed by atoms with Gasteiger partial charge in [0.25, 0.3) is 0 Å². The first-order valence-electron chi connectivity index (χ1n) is 28.5. The van der Waals surface area contributed by atoms with Gasteiger partial charge in [-0.25, -0.2) is 0 Å². The molecule has 0 amide bonds. The van der Waals surface area contributed by atoms with Gasteiger partial charge in [-0.3, -0.25) is 19.2 Å². The van der Waals surface area contributed by atoms with Gasteiger partial charge in [0, 0.05) is 59.8 Å². The van der Waals surface area contributed by atoms with E-state index in [1.165, 1.54) is 43.2 Å². The van der Waals surface area contributed by atoms with Crippen molar-refractivity contribution in [1.82, 2.24) is 0 Å². The molecule has 0 heterocycles. The van der Waals surface area contributed by atoms with Gasteiger partial charge in [0.2, 0.25) is 0 Å². The first-order valence-corrected chi connectivity index (χ1v) is 28.5. The van der Waals surface area contributed by atoms with E-state index >= 15 is 0 Å². The maximum Gasteiger partial charge on any atom is 0.306 e. The van der Waals surface area contributed by atoms with E-state index in [1.54, 1.807) is 0 Å². The molecule has 14 nitrogen and oxygen atoms in total. The number of nitrogens with zero attached hydrogens (tertiary/aromatic N) is 6. The largest absolute Gasteiger partial charge is 0.469 e. The van der Waals surface area contributed by atoms with Crippen LogP contribution in [-0.2, 0) is 51.0 Å². The van der Waals surface area contributed by atoms with Gasteiger partial charge in [-0.15, -0.1) is 0 Å². The third-order valence-electron chi connectivity index (χ3n) is 14.8. The Kier molecular flexibility index (Phi) is 21.9. The molecule has 7 rings (SSSR count). The molecule has 2 unspecified atom stereocenters. The normalized spacial score (nSPS) is 12.5. The topological polar surface area (TPSA) is 184 Å². The van der Waals surface area contributed by atoms with Crippen molar-refractivity contribution < 1.29 is 38.1 Å². The summed E-state index contributed by atoms with van der Waals surface area (Å²) in [6, 6.07) is 59.5. The van der Waals surface area contributed by atoms with Crippen molar-refractivity contribution in [2.24, 2.45) is 10.2 Å². The lowest BCUT2D eigenvalue weighted by molar-refractivity contribution is -0.152. The predicted octanol–water partition coefficient (Wildman–Crippen LogP) is 15.8. The highest BCUT2D eigenvalue weighted by atomic mass is 16.6. The van der Waals surface area contributed by atoms with Gasteiger partial charge in [0.15, 0.2) is 11.1 Å². The number of esters is 4. The van der Waals surface area contributed by atoms with Crippen LogP contribution in [0.5, 0.6) is 0 Å². The third-order valence-corrected chi connectivity index (χ3v) is 14.8. The minimum atomic E-state index is -1.41. The van der Waals surface area contributed by atoms with Crippen LogP contribution in [0.1, 0.15) is 99.1 Å². The van der Waals surface area contributed by atoms with Gasteiger partial charge in [0.1, 0.15) is 13.2 Å². The molecule has 2 atom stereocenters. The second kappa shape index (κ2) is 29.5. The molecule has 0 fully saturated rings. The van der Waals surface area contributed by atoms with E-state index in [-0.39, 0.29) is 51.3 Å². The number of rotatable bonds is 27. The van der Waals surface area contributed by atoms with E-state index in [0.717, 1.165) is 73.9 Å². The molecule has 0 aromatic heterocycles. The number of benzene rings is 7. The molecule has 0 saturated heterocycles. The predicted molar refractivity (Wildman–Crippen MR) is 329 cm³/mol. The Balaban J connectivity index is 0.948. The van der Waals surface area contributed by atoms with Crippen LogP contribution in [0.3, 0.4) is 0 Å². The van der Waals surface area contributed by atoms with Crippen LogP contribution in [-0.4, -0.2) is 61.9 Å². The molecule has 0 bridgehead atoms. The second-order valence-electron chi connectivity index (χ2n) is 21.4. The first kappa shape index (κ1) is 62.2. The van der Waals surface area contributed by atoms with Gasteiger partial charge >= 0.3 is 23.9 Å². The zero-order chi connectivity index (χ0) is 60.2. The Labute approximate surface area is 494 Å². The lowest BCUT2D eigenvalue weighted by Gasteiger charge is -2.26. The maximum atomic E-state index is 12.7. The summed E-state index contributed by atoms with van der Waals surface area (Å²) in [5.74, 6) is -1.70. The summed E-state index contributed by atoms with van der Waals surface area (Å²) in [7, 11) is 1.25. The summed E-state index contributed by atoms with van der Waals surface area (Å²) >= 11 is 0. The van der Waals surface area contributed by atoms with E-state index < -0.39 is 29.0 Å². The highest BCUT2D eigenvalue weighted by Crippen LogP contribution is 2.39. The average molecular weight is 1130 g/mol. The molecule has 0 aliphatic rings.